The Morgan fingerprint density at radius 2 is 1.10 bits per heavy atom. The predicted octanol–water partition coefficient (Wildman–Crippen LogP) is 1.85. The highest BCUT2D eigenvalue weighted by atomic mass is 31.2. The van der Waals surface area contributed by atoms with Crippen molar-refractivity contribution < 1.29 is 36.6 Å². The maximum Gasteiger partial charge on any atom is 0.332 e. The molecule has 0 amide bonds. The van der Waals surface area contributed by atoms with E-state index in [0.717, 1.165) is 0 Å². The van der Waals surface area contributed by atoms with Crippen LogP contribution in [0, 0.1) is 5.41 Å². The van der Waals surface area contributed by atoms with Crippen molar-refractivity contribution in [2.45, 2.75) is 0 Å². The summed E-state index contributed by atoms with van der Waals surface area (Å²) in [6.45, 7) is 3.93. The lowest BCUT2D eigenvalue weighted by molar-refractivity contribution is -0.0777. The Bertz CT molecular complexity index is 248. The zero-order chi connectivity index (χ0) is 15.0. The van der Waals surface area contributed by atoms with Crippen LogP contribution in [-0.4, -0.2) is 67.1 Å². The first kappa shape index (κ1) is 17.9. The maximum absolute atomic E-state index is 5.60. The van der Waals surface area contributed by atoms with E-state index in [4.69, 9.17) is 36.6 Å². The Labute approximate surface area is 127 Å². The molecule has 0 bridgehead atoms. The average molecular weight is 344 g/mol. The quantitative estimate of drug-likeness (QED) is 0.488. The summed E-state index contributed by atoms with van der Waals surface area (Å²) in [5, 5.41) is 0. The van der Waals surface area contributed by atoms with Crippen LogP contribution in [0.1, 0.15) is 0 Å². The first-order valence-electron chi connectivity index (χ1n) is 6.64. The molecule has 124 valence electrons. The highest BCUT2D eigenvalue weighted by Gasteiger charge is 2.43. The zero-order valence-corrected chi connectivity index (χ0v) is 14.1. The Balaban J connectivity index is 1.63. The molecule has 0 radical (unpaired) electrons. The molecule has 2 rings (SSSR count). The molecule has 0 aromatic carbocycles. The maximum atomic E-state index is 5.60. The Morgan fingerprint density at radius 3 is 1.43 bits per heavy atom. The van der Waals surface area contributed by atoms with E-state index >= 15 is 0 Å². The average Bonchev–Trinajstić information content (AvgIpc) is 2.52. The summed E-state index contributed by atoms with van der Waals surface area (Å²) >= 11 is 0. The van der Waals surface area contributed by atoms with Crippen molar-refractivity contribution in [3.05, 3.63) is 0 Å². The van der Waals surface area contributed by atoms with Gasteiger partial charge in [0.05, 0.1) is 58.3 Å². The van der Waals surface area contributed by atoms with Gasteiger partial charge in [-0.15, -0.1) is 0 Å². The zero-order valence-electron chi connectivity index (χ0n) is 12.3. The molecular formula is C11H22O8P2. The van der Waals surface area contributed by atoms with Crippen LogP contribution in [0.25, 0.3) is 0 Å². The number of hydrogen-bond acceptors (Lipinski definition) is 8. The summed E-state index contributed by atoms with van der Waals surface area (Å²) in [5.41, 5.74) is -0.271. The van der Waals surface area contributed by atoms with E-state index in [1.165, 1.54) is 0 Å². The van der Waals surface area contributed by atoms with Gasteiger partial charge in [0.2, 0.25) is 0 Å². The molecule has 0 N–H and O–H groups in total. The van der Waals surface area contributed by atoms with Gasteiger partial charge in [-0.2, -0.15) is 0 Å². The van der Waals surface area contributed by atoms with Crippen molar-refractivity contribution in [1.29, 1.82) is 0 Å². The third-order valence-electron chi connectivity index (χ3n) is 2.87. The first-order valence-corrected chi connectivity index (χ1v) is 8.83. The topological polar surface area (TPSA) is 73.8 Å². The molecule has 1 spiro atoms. The molecule has 0 aromatic heterocycles. The van der Waals surface area contributed by atoms with Crippen molar-refractivity contribution in [3.8, 4) is 0 Å². The fourth-order valence-electron chi connectivity index (χ4n) is 1.62. The van der Waals surface area contributed by atoms with Gasteiger partial charge < -0.3 is 36.6 Å². The summed E-state index contributed by atoms with van der Waals surface area (Å²) in [4.78, 5) is 0. The fourth-order valence-corrected chi connectivity index (χ4v) is 4.03. The van der Waals surface area contributed by atoms with E-state index in [-0.39, 0.29) is 5.41 Å². The number of ether oxygens (including phenoxy) is 2. The lowest BCUT2D eigenvalue weighted by Crippen LogP contribution is -2.44. The first-order chi connectivity index (χ1) is 10.3. The molecular weight excluding hydrogens is 322 g/mol. The van der Waals surface area contributed by atoms with Crippen molar-refractivity contribution in [1.82, 2.24) is 0 Å². The summed E-state index contributed by atoms with van der Waals surface area (Å²) in [6, 6.07) is 0. The van der Waals surface area contributed by atoms with Crippen LogP contribution in [0.3, 0.4) is 0 Å². The molecule has 2 aliphatic rings. The minimum absolute atomic E-state index is 0.271. The van der Waals surface area contributed by atoms with Crippen LogP contribution < -0.4 is 0 Å². The molecule has 0 unspecified atom stereocenters. The van der Waals surface area contributed by atoms with Crippen LogP contribution in [0.15, 0.2) is 0 Å². The third-order valence-corrected chi connectivity index (χ3v) is 5.02. The number of hydrogen-bond donors (Lipinski definition) is 0. The highest BCUT2D eigenvalue weighted by molar-refractivity contribution is 7.42. The van der Waals surface area contributed by atoms with Gasteiger partial charge in [-0.1, -0.05) is 0 Å². The summed E-state index contributed by atoms with van der Waals surface area (Å²) < 4.78 is 43.1. The van der Waals surface area contributed by atoms with Gasteiger partial charge in [0.25, 0.3) is 0 Å². The normalized spacial score (nSPS) is 33.4. The largest absolute Gasteiger partial charge is 0.382 e. The van der Waals surface area contributed by atoms with E-state index < -0.39 is 17.2 Å². The Morgan fingerprint density at radius 1 is 0.714 bits per heavy atom. The molecule has 21 heavy (non-hydrogen) atoms. The van der Waals surface area contributed by atoms with Gasteiger partial charge in [-0.05, 0) is 0 Å². The van der Waals surface area contributed by atoms with Crippen LogP contribution in [0.2, 0.25) is 0 Å². The molecule has 2 saturated heterocycles. The molecule has 2 aliphatic heterocycles. The highest BCUT2D eigenvalue weighted by Crippen LogP contribution is 2.52. The van der Waals surface area contributed by atoms with Gasteiger partial charge >= 0.3 is 17.2 Å². The minimum atomic E-state index is -1.29. The molecule has 2 fully saturated rings. The lowest BCUT2D eigenvalue weighted by atomic mass is 9.93. The minimum Gasteiger partial charge on any atom is -0.382 e. The number of methoxy groups -OCH3 is 2. The van der Waals surface area contributed by atoms with Crippen molar-refractivity contribution in [2.24, 2.45) is 5.41 Å². The van der Waals surface area contributed by atoms with Gasteiger partial charge in [0, 0.05) is 14.2 Å². The molecule has 0 saturated carbocycles. The van der Waals surface area contributed by atoms with E-state index in [2.05, 4.69) is 0 Å². The lowest BCUT2D eigenvalue weighted by Gasteiger charge is -2.41. The summed E-state index contributed by atoms with van der Waals surface area (Å²) in [5.74, 6) is 0. The van der Waals surface area contributed by atoms with Crippen LogP contribution >= 0.6 is 17.2 Å². The van der Waals surface area contributed by atoms with Crippen LogP contribution in [0.5, 0.6) is 0 Å². The van der Waals surface area contributed by atoms with E-state index in [1.54, 1.807) is 14.2 Å². The molecule has 0 aliphatic carbocycles. The monoisotopic (exact) mass is 344 g/mol. The second-order valence-electron chi connectivity index (χ2n) is 4.69. The summed E-state index contributed by atoms with van der Waals surface area (Å²) in [7, 11) is 0.665. The van der Waals surface area contributed by atoms with Crippen molar-refractivity contribution in [3.63, 3.8) is 0 Å². The molecule has 10 heteroatoms. The summed E-state index contributed by atoms with van der Waals surface area (Å²) in [6.07, 6.45) is 0. The van der Waals surface area contributed by atoms with Gasteiger partial charge in [-0.3, -0.25) is 0 Å². The third kappa shape index (κ3) is 5.92. The number of rotatable bonds is 8. The second kappa shape index (κ2) is 9.63. The SMILES string of the molecule is COCCOP1OCC2(CO1)COP(OCCOC)OC2. The smallest absolute Gasteiger partial charge is 0.332 e. The predicted molar refractivity (Wildman–Crippen MR) is 75.7 cm³/mol. The molecule has 0 atom stereocenters. The van der Waals surface area contributed by atoms with E-state index in [9.17, 15) is 0 Å². The van der Waals surface area contributed by atoms with Gasteiger partial charge in [0.1, 0.15) is 0 Å². The molecule has 0 aromatic rings. The van der Waals surface area contributed by atoms with Crippen molar-refractivity contribution >= 4 is 17.2 Å². The molecule has 8 nitrogen and oxygen atoms in total. The fraction of sp³-hybridized carbons (Fsp3) is 1.00. The van der Waals surface area contributed by atoms with E-state index in [0.29, 0.717) is 52.9 Å². The van der Waals surface area contributed by atoms with Crippen LogP contribution in [-0.2, 0) is 36.6 Å². The Hall–Kier alpha value is 0.540. The van der Waals surface area contributed by atoms with Gasteiger partial charge in [-0.25, -0.2) is 0 Å². The van der Waals surface area contributed by atoms with Crippen molar-refractivity contribution in [2.75, 3.05) is 67.1 Å². The van der Waals surface area contributed by atoms with E-state index in [1.807, 2.05) is 0 Å². The Kier molecular flexibility index (Phi) is 8.20. The van der Waals surface area contributed by atoms with Crippen LogP contribution in [0.4, 0.5) is 0 Å². The molecule has 2 heterocycles. The second-order valence-corrected chi connectivity index (χ2v) is 7.14. The van der Waals surface area contributed by atoms with Gasteiger partial charge in [0.15, 0.2) is 0 Å². The standard InChI is InChI=1S/C11H22O8P2/c1-12-3-5-14-20-16-7-11(8-17-20)9-18-21(19-10-11)15-6-4-13-2/h3-10H2,1-2H3.